The Balaban J connectivity index is 2.68. The first-order valence-electron chi connectivity index (χ1n) is 3.13. The molecule has 0 saturated heterocycles. The standard InChI is InChI=1S/C6H7BrN2O3/c1-9-6(4(7)2-8-9)12-3-5(10)11/h2H,3H2,1H3,(H,10,11). The van der Waals surface area contributed by atoms with Gasteiger partial charge in [0.1, 0.15) is 0 Å². The lowest BCUT2D eigenvalue weighted by atomic mass is 10.6. The van der Waals surface area contributed by atoms with E-state index in [1.165, 1.54) is 10.9 Å². The first-order valence-corrected chi connectivity index (χ1v) is 3.92. The van der Waals surface area contributed by atoms with E-state index in [1.54, 1.807) is 7.05 Å². The van der Waals surface area contributed by atoms with Crippen molar-refractivity contribution in [2.24, 2.45) is 7.05 Å². The summed E-state index contributed by atoms with van der Waals surface area (Å²) in [6.45, 7) is -0.363. The first-order chi connectivity index (χ1) is 5.61. The van der Waals surface area contributed by atoms with Gasteiger partial charge in [-0.1, -0.05) is 0 Å². The fourth-order valence-corrected chi connectivity index (χ4v) is 1.15. The molecule has 0 aliphatic heterocycles. The summed E-state index contributed by atoms with van der Waals surface area (Å²) in [7, 11) is 1.67. The maximum Gasteiger partial charge on any atom is 0.341 e. The molecular weight excluding hydrogens is 228 g/mol. The number of ether oxygens (including phenoxy) is 1. The second-order valence-corrected chi connectivity index (χ2v) is 2.96. The molecule has 1 aromatic heterocycles. The van der Waals surface area contributed by atoms with Crippen LogP contribution in [0.5, 0.6) is 5.88 Å². The molecule has 1 heterocycles. The number of nitrogens with zero attached hydrogens (tertiary/aromatic N) is 2. The van der Waals surface area contributed by atoms with E-state index in [-0.39, 0.29) is 6.61 Å². The minimum absolute atomic E-state index is 0.363. The van der Waals surface area contributed by atoms with E-state index >= 15 is 0 Å². The fourth-order valence-electron chi connectivity index (χ4n) is 0.692. The van der Waals surface area contributed by atoms with Gasteiger partial charge >= 0.3 is 5.97 Å². The first kappa shape index (κ1) is 9.05. The van der Waals surface area contributed by atoms with Gasteiger partial charge in [-0.15, -0.1) is 0 Å². The van der Waals surface area contributed by atoms with Gasteiger partial charge in [0.15, 0.2) is 6.61 Å². The van der Waals surface area contributed by atoms with E-state index in [0.29, 0.717) is 10.4 Å². The number of aryl methyl sites for hydroxylation is 1. The van der Waals surface area contributed by atoms with Gasteiger partial charge in [-0.25, -0.2) is 9.48 Å². The molecule has 1 aromatic rings. The summed E-state index contributed by atoms with van der Waals surface area (Å²) < 4.78 is 7.02. The predicted molar refractivity (Wildman–Crippen MR) is 44.0 cm³/mol. The van der Waals surface area contributed by atoms with Crippen LogP contribution in [0.2, 0.25) is 0 Å². The summed E-state index contributed by atoms with van der Waals surface area (Å²) in [6.07, 6.45) is 1.54. The van der Waals surface area contributed by atoms with Crippen LogP contribution < -0.4 is 4.74 Å². The largest absolute Gasteiger partial charge is 0.479 e. The Morgan fingerprint density at radius 2 is 2.58 bits per heavy atom. The highest BCUT2D eigenvalue weighted by atomic mass is 79.9. The molecule has 1 N–H and O–H groups in total. The van der Waals surface area contributed by atoms with E-state index in [0.717, 1.165) is 0 Å². The van der Waals surface area contributed by atoms with Crippen LogP contribution in [-0.4, -0.2) is 27.5 Å². The molecule has 0 unspecified atom stereocenters. The number of hydrogen-bond acceptors (Lipinski definition) is 3. The monoisotopic (exact) mass is 234 g/mol. The van der Waals surface area contributed by atoms with E-state index in [9.17, 15) is 4.79 Å². The van der Waals surface area contributed by atoms with Gasteiger partial charge in [0.2, 0.25) is 5.88 Å². The van der Waals surface area contributed by atoms with Crippen LogP contribution in [-0.2, 0) is 11.8 Å². The molecule has 0 bridgehead atoms. The zero-order chi connectivity index (χ0) is 9.14. The highest BCUT2D eigenvalue weighted by Gasteiger charge is 2.08. The highest BCUT2D eigenvalue weighted by molar-refractivity contribution is 9.10. The summed E-state index contributed by atoms with van der Waals surface area (Å²) in [6, 6.07) is 0. The second kappa shape index (κ2) is 3.57. The van der Waals surface area contributed by atoms with Crippen molar-refractivity contribution < 1.29 is 14.6 Å². The van der Waals surface area contributed by atoms with E-state index < -0.39 is 5.97 Å². The third-order valence-corrected chi connectivity index (χ3v) is 1.72. The number of carboxylic acid groups (broad SMARTS) is 1. The summed E-state index contributed by atoms with van der Waals surface area (Å²) >= 11 is 3.17. The van der Waals surface area contributed by atoms with Crippen LogP contribution in [0.3, 0.4) is 0 Å². The molecule has 0 aliphatic carbocycles. The number of aliphatic carboxylic acids is 1. The molecule has 0 amide bonds. The quantitative estimate of drug-likeness (QED) is 0.835. The number of halogens is 1. The van der Waals surface area contributed by atoms with Crippen molar-refractivity contribution in [2.45, 2.75) is 0 Å². The number of aromatic nitrogens is 2. The molecule has 0 saturated carbocycles. The van der Waals surface area contributed by atoms with E-state index in [4.69, 9.17) is 9.84 Å². The molecule has 0 radical (unpaired) electrons. The number of carbonyl (C=O) groups is 1. The summed E-state index contributed by atoms with van der Waals surface area (Å²) in [5.41, 5.74) is 0. The van der Waals surface area contributed by atoms with Crippen LogP contribution >= 0.6 is 15.9 Å². The summed E-state index contributed by atoms with van der Waals surface area (Å²) in [5.74, 6) is -0.597. The van der Waals surface area contributed by atoms with Crippen molar-refractivity contribution in [3.63, 3.8) is 0 Å². The normalized spacial score (nSPS) is 9.83. The van der Waals surface area contributed by atoms with Gasteiger partial charge in [0.05, 0.1) is 10.7 Å². The smallest absolute Gasteiger partial charge is 0.341 e. The number of hydrogen-bond donors (Lipinski definition) is 1. The molecule has 5 nitrogen and oxygen atoms in total. The molecule has 0 aromatic carbocycles. The van der Waals surface area contributed by atoms with Gasteiger partial charge in [0.25, 0.3) is 0 Å². The maximum atomic E-state index is 10.1. The number of rotatable bonds is 3. The van der Waals surface area contributed by atoms with Crippen molar-refractivity contribution in [3.05, 3.63) is 10.7 Å². The van der Waals surface area contributed by atoms with Gasteiger partial charge in [-0.2, -0.15) is 5.10 Å². The molecule has 0 fully saturated rings. The third-order valence-electron chi connectivity index (χ3n) is 1.17. The van der Waals surface area contributed by atoms with Crippen LogP contribution in [0.4, 0.5) is 0 Å². The molecule has 6 heteroatoms. The SMILES string of the molecule is Cn1ncc(Br)c1OCC(=O)O. The Morgan fingerprint density at radius 3 is 3.00 bits per heavy atom. The van der Waals surface area contributed by atoms with Gasteiger partial charge in [-0.05, 0) is 15.9 Å². The van der Waals surface area contributed by atoms with Crippen molar-refractivity contribution >= 4 is 21.9 Å². The lowest BCUT2D eigenvalue weighted by Gasteiger charge is -2.02. The minimum atomic E-state index is -1.01. The highest BCUT2D eigenvalue weighted by Crippen LogP contribution is 2.22. The zero-order valence-corrected chi connectivity index (χ0v) is 7.91. The van der Waals surface area contributed by atoms with Crippen LogP contribution in [0.15, 0.2) is 10.7 Å². The lowest BCUT2D eigenvalue weighted by Crippen LogP contribution is -2.11. The van der Waals surface area contributed by atoms with Gasteiger partial charge < -0.3 is 9.84 Å². The Kier molecular flexibility index (Phi) is 2.69. The molecular formula is C6H7BrN2O3. The van der Waals surface area contributed by atoms with Gasteiger partial charge in [0, 0.05) is 7.05 Å². The topological polar surface area (TPSA) is 64.4 Å². The maximum absolute atomic E-state index is 10.1. The lowest BCUT2D eigenvalue weighted by molar-refractivity contribution is -0.139. The molecule has 1 rings (SSSR count). The van der Waals surface area contributed by atoms with Crippen molar-refractivity contribution in [3.8, 4) is 5.88 Å². The molecule has 0 atom stereocenters. The average Bonchev–Trinajstić information content (AvgIpc) is 2.28. The molecule has 0 spiro atoms. The second-order valence-electron chi connectivity index (χ2n) is 2.10. The molecule has 12 heavy (non-hydrogen) atoms. The average molecular weight is 235 g/mol. The Labute approximate surface area is 77.1 Å². The van der Waals surface area contributed by atoms with E-state index in [2.05, 4.69) is 21.0 Å². The Hall–Kier alpha value is -1.04. The van der Waals surface area contributed by atoms with Crippen LogP contribution in [0.1, 0.15) is 0 Å². The fraction of sp³-hybridized carbons (Fsp3) is 0.333. The van der Waals surface area contributed by atoms with Crippen molar-refractivity contribution in [2.75, 3.05) is 6.61 Å². The summed E-state index contributed by atoms with van der Waals surface area (Å²) in [4.78, 5) is 10.1. The van der Waals surface area contributed by atoms with Crippen LogP contribution in [0, 0.1) is 0 Å². The van der Waals surface area contributed by atoms with Gasteiger partial charge in [-0.3, -0.25) is 0 Å². The third kappa shape index (κ3) is 1.97. The minimum Gasteiger partial charge on any atom is -0.479 e. The van der Waals surface area contributed by atoms with Crippen molar-refractivity contribution in [1.29, 1.82) is 0 Å². The predicted octanol–water partition coefficient (Wildman–Crippen LogP) is 0.646. The molecule has 66 valence electrons. The Bertz CT molecular complexity index is 277. The summed E-state index contributed by atoms with van der Waals surface area (Å²) in [5, 5.41) is 12.2. The van der Waals surface area contributed by atoms with Crippen LogP contribution in [0.25, 0.3) is 0 Å². The number of carboxylic acids is 1. The van der Waals surface area contributed by atoms with E-state index in [1.807, 2.05) is 0 Å². The Morgan fingerprint density at radius 1 is 1.92 bits per heavy atom. The molecule has 0 aliphatic rings. The zero-order valence-electron chi connectivity index (χ0n) is 6.32. The van der Waals surface area contributed by atoms with Crippen molar-refractivity contribution in [1.82, 2.24) is 9.78 Å².